The Morgan fingerprint density at radius 1 is 1.27 bits per heavy atom. The number of carbonyl (C=O) groups is 1. The summed E-state index contributed by atoms with van der Waals surface area (Å²) in [4.78, 5) is 12.5. The van der Waals surface area contributed by atoms with E-state index in [0.29, 0.717) is 12.8 Å². The minimum absolute atomic E-state index is 0.326. The third kappa shape index (κ3) is 3.70. The van der Waals surface area contributed by atoms with Gasteiger partial charge in [0.25, 0.3) is 0 Å². The number of rotatable bonds is 4. The molecule has 15 heavy (non-hydrogen) atoms. The van der Waals surface area contributed by atoms with Gasteiger partial charge in [-0.15, -0.1) is 0 Å². The predicted molar refractivity (Wildman–Crippen MR) is 60.0 cm³/mol. The maximum Gasteiger partial charge on any atom is 0.408 e. The van der Waals surface area contributed by atoms with E-state index in [4.69, 9.17) is 5.11 Å². The number of hydrogen-bond donors (Lipinski definition) is 2. The van der Waals surface area contributed by atoms with E-state index in [1.165, 1.54) is 4.90 Å². The van der Waals surface area contributed by atoms with Crippen LogP contribution in [0.25, 0.3) is 0 Å². The fraction of sp³-hybridized carbons (Fsp3) is 0.909. The standard InChI is InChI=1S/C11H23NO3/c1-6-8(9(13)7-2)12(10(14)15)11(3,4)5/h8-9,13H,6-7H2,1-5H3,(H,14,15)/t8-,9?/m0/s1. The van der Waals surface area contributed by atoms with Crippen molar-refractivity contribution in [2.45, 2.75) is 65.1 Å². The smallest absolute Gasteiger partial charge is 0.408 e. The summed E-state index contributed by atoms with van der Waals surface area (Å²) in [7, 11) is 0. The average molecular weight is 217 g/mol. The maximum absolute atomic E-state index is 11.2. The van der Waals surface area contributed by atoms with Crippen molar-refractivity contribution in [1.82, 2.24) is 4.90 Å². The van der Waals surface area contributed by atoms with Crippen molar-refractivity contribution in [3.8, 4) is 0 Å². The van der Waals surface area contributed by atoms with E-state index in [0.717, 1.165) is 0 Å². The number of hydrogen-bond acceptors (Lipinski definition) is 2. The second-order valence-corrected chi connectivity index (χ2v) is 4.77. The molecule has 0 aromatic rings. The van der Waals surface area contributed by atoms with E-state index in [1.54, 1.807) is 0 Å². The summed E-state index contributed by atoms with van der Waals surface area (Å²) in [5.41, 5.74) is -0.483. The van der Waals surface area contributed by atoms with E-state index in [1.807, 2.05) is 34.6 Å². The summed E-state index contributed by atoms with van der Waals surface area (Å²) in [6.07, 6.45) is -0.371. The van der Waals surface area contributed by atoms with Crippen molar-refractivity contribution >= 4 is 6.09 Å². The van der Waals surface area contributed by atoms with Gasteiger partial charge in [-0.2, -0.15) is 0 Å². The molecule has 4 heteroatoms. The Kier molecular flexibility index (Phi) is 5.08. The lowest BCUT2D eigenvalue weighted by Gasteiger charge is -2.41. The first-order valence-electron chi connectivity index (χ1n) is 5.46. The SMILES string of the molecule is CCC(O)[C@H](CC)N(C(=O)O)C(C)(C)C. The molecule has 1 amide bonds. The largest absolute Gasteiger partial charge is 0.465 e. The van der Waals surface area contributed by atoms with Crippen LogP contribution in [-0.4, -0.2) is 38.9 Å². The van der Waals surface area contributed by atoms with Gasteiger partial charge in [-0.25, -0.2) is 4.79 Å². The van der Waals surface area contributed by atoms with Crippen molar-refractivity contribution < 1.29 is 15.0 Å². The minimum atomic E-state index is -0.971. The molecular formula is C11H23NO3. The molecule has 2 N–H and O–H groups in total. The molecular weight excluding hydrogens is 194 g/mol. The molecule has 90 valence electrons. The van der Waals surface area contributed by atoms with Crippen LogP contribution in [0.4, 0.5) is 4.79 Å². The molecule has 0 spiro atoms. The summed E-state index contributed by atoms with van der Waals surface area (Å²) >= 11 is 0. The summed E-state index contributed by atoms with van der Waals surface area (Å²) in [5, 5.41) is 19.0. The molecule has 0 radical (unpaired) electrons. The van der Waals surface area contributed by atoms with Gasteiger partial charge < -0.3 is 10.2 Å². The van der Waals surface area contributed by atoms with Gasteiger partial charge in [0.1, 0.15) is 0 Å². The van der Waals surface area contributed by atoms with E-state index < -0.39 is 17.7 Å². The molecule has 2 atom stereocenters. The number of carboxylic acid groups (broad SMARTS) is 1. The third-order valence-corrected chi connectivity index (χ3v) is 2.54. The van der Waals surface area contributed by atoms with E-state index in [-0.39, 0.29) is 6.04 Å². The lowest BCUT2D eigenvalue weighted by Crippen LogP contribution is -2.55. The van der Waals surface area contributed by atoms with Crippen LogP contribution in [0.5, 0.6) is 0 Å². The summed E-state index contributed by atoms with van der Waals surface area (Å²) in [5.74, 6) is 0. The monoisotopic (exact) mass is 217 g/mol. The van der Waals surface area contributed by atoms with Crippen LogP contribution in [0.3, 0.4) is 0 Å². The first-order valence-corrected chi connectivity index (χ1v) is 5.46. The number of aliphatic hydroxyl groups is 1. The summed E-state index contributed by atoms with van der Waals surface area (Å²) < 4.78 is 0. The lowest BCUT2D eigenvalue weighted by molar-refractivity contribution is 0.00443. The zero-order chi connectivity index (χ0) is 12.2. The van der Waals surface area contributed by atoms with Crippen LogP contribution in [0.15, 0.2) is 0 Å². The molecule has 0 rings (SSSR count). The molecule has 0 aliphatic rings. The highest BCUT2D eigenvalue weighted by Gasteiger charge is 2.35. The zero-order valence-corrected chi connectivity index (χ0v) is 10.3. The predicted octanol–water partition coefficient (Wildman–Crippen LogP) is 2.31. The fourth-order valence-electron chi connectivity index (χ4n) is 1.83. The first kappa shape index (κ1) is 14.2. The van der Waals surface area contributed by atoms with Crippen molar-refractivity contribution in [3.63, 3.8) is 0 Å². The zero-order valence-electron chi connectivity index (χ0n) is 10.3. The normalized spacial score (nSPS) is 15.9. The van der Waals surface area contributed by atoms with E-state index in [2.05, 4.69) is 0 Å². The number of nitrogens with zero attached hydrogens (tertiary/aromatic N) is 1. The van der Waals surface area contributed by atoms with Gasteiger partial charge >= 0.3 is 6.09 Å². The van der Waals surface area contributed by atoms with Crippen molar-refractivity contribution in [3.05, 3.63) is 0 Å². The molecule has 0 aliphatic heterocycles. The molecule has 0 heterocycles. The summed E-state index contributed by atoms with van der Waals surface area (Å²) in [6, 6.07) is -0.326. The highest BCUT2D eigenvalue weighted by atomic mass is 16.4. The summed E-state index contributed by atoms with van der Waals surface area (Å²) in [6.45, 7) is 9.27. The van der Waals surface area contributed by atoms with Crippen molar-refractivity contribution in [1.29, 1.82) is 0 Å². The number of amides is 1. The molecule has 0 fully saturated rings. The molecule has 0 saturated carbocycles. The topological polar surface area (TPSA) is 60.8 Å². The van der Waals surface area contributed by atoms with E-state index >= 15 is 0 Å². The van der Waals surface area contributed by atoms with Gasteiger partial charge in [0.15, 0.2) is 0 Å². The Hall–Kier alpha value is -0.770. The lowest BCUT2D eigenvalue weighted by atomic mass is 9.97. The molecule has 0 aromatic carbocycles. The molecule has 4 nitrogen and oxygen atoms in total. The Bertz CT molecular complexity index is 210. The molecule has 0 saturated heterocycles. The number of aliphatic hydroxyl groups excluding tert-OH is 1. The second-order valence-electron chi connectivity index (χ2n) is 4.77. The second kappa shape index (κ2) is 5.35. The Labute approximate surface area is 91.9 Å². The van der Waals surface area contributed by atoms with E-state index in [9.17, 15) is 9.90 Å². The van der Waals surface area contributed by atoms with Crippen LogP contribution in [-0.2, 0) is 0 Å². The molecule has 0 aromatic heterocycles. The molecule has 0 aliphatic carbocycles. The molecule has 0 bridgehead atoms. The highest BCUT2D eigenvalue weighted by Crippen LogP contribution is 2.22. The third-order valence-electron chi connectivity index (χ3n) is 2.54. The van der Waals surface area contributed by atoms with Crippen LogP contribution in [0.2, 0.25) is 0 Å². The van der Waals surface area contributed by atoms with Gasteiger partial charge in [0.05, 0.1) is 12.1 Å². The average Bonchev–Trinajstić information content (AvgIpc) is 2.09. The van der Waals surface area contributed by atoms with Crippen LogP contribution in [0, 0.1) is 0 Å². The van der Waals surface area contributed by atoms with Crippen molar-refractivity contribution in [2.24, 2.45) is 0 Å². The van der Waals surface area contributed by atoms with Crippen LogP contribution >= 0.6 is 0 Å². The van der Waals surface area contributed by atoms with Crippen molar-refractivity contribution in [2.75, 3.05) is 0 Å². The van der Waals surface area contributed by atoms with Gasteiger partial charge in [-0.3, -0.25) is 4.90 Å². The quantitative estimate of drug-likeness (QED) is 0.759. The Balaban J connectivity index is 4.96. The van der Waals surface area contributed by atoms with Gasteiger partial charge in [0, 0.05) is 5.54 Å². The Morgan fingerprint density at radius 3 is 1.93 bits per heavy atom. The molecule has 1 unspecified atom stereocenters. The highest BCUT2D eigenvalue weighted by molar-refractivity contribution is 5.66. The Morgan fingerprint density at radius 2 is 1.73 bits per heavy atom. The first-order chi connectivity index (χ1) is 6.75. The van der Waals surface area contributed by atoms with Gasteiger partial charge in [0.2, 0.25) is 0 Å². The fourth-order valence-corrected chi connectivity index (χ4v) is 1.83. The minimum Gasteiger partial charge on any atom is -0.465 e. The van der Waals surface area contributed by atoms with Crippen LogP contribution in [0.1, 0.15) is 47.5 Å². The van der Waals surface area contributed by atoms with Crippen LogP contribution < -0.4 is 0 Å². The van der Waals surface area contributed by atoms with Gasteiger partial charge in [-0.05, 0) is 33.6 Å². The van der Waals surface area contributed by atoms with Gasteiger partial charge in [-0.1, -0.05) is 13.8 Å². The maximum atomic E-state index is 11.2.